The molecule has 0 aromatic carbocycles. The van der Waals surface area contributed by atoms with Crippen molar-refractivity contribution in [2.24, 2.45) is 0 Å². The SMILES string of the molecule is CC[125I].O=S(=O)(O)C(F)(F)F. The number of hydrogen-bond donors (Lipinski definition) is 1. The first-order valence-corrected chi connectivity index (χ1v) is 5.23. The summed E-state index contributed by atoms with van der Waals surface area (Å²) < 4.78 is 58.8. The summed E-state index contributed by atoms with van der Waals surface area (Å²) in [6, 6.07) is 0. The molecule has 0 bridgehead atoms. The van der Waals surface area contributed by atoms with Gasteiger partial charge in [0.2, 0.25) is 0 Å². The fourth-order valence-electron chi connectivity index (χ4n) is 0. The summed E-state index contributed by atoms with van der Waals surface area (Å²) in [6.45, 7) is 2.11. The monoisotopic (exact) mass is 304 g/mol. The quantitative estimate of drug-likeness (QED) is 0.321. The Labute approximate surface area is 75.9 Å². The topological polar surface area (TPSA) is 54.4 Å². The highest BCUT2D eigenvalue weighted by Crippen LogP contribution is 2.20. The minimum Gasteiger partial charge on any atom is -0.279 e. The fourth-order valence-corrected chi connectivity index (χ4v) is 0. The number of hydrogen-bond acceptors (Lipinski definition) is 2. The molecule has 0 aromatic rings. The van der Waals surface area contributed by atoms with Crippen molar-refractivity contribution in [1.82, 2.24) is 0 Å². The molecule has 0 fully saturated rings. The lowest BCUT2D eigenvalue weighted by atomic mass is 11.0. The van der Waals surface area contributed by atoms with Crippen LogP contribution in [0.4, 0.5) is 13.2 Å². The molecule has 70 valence electrons. The van der Waals surface area contributed by atoms with Crippen LogP contribution in [0, 0.1) is 0 Å². The Kier molecular flexibility index (Phi) is 6.54. The van der Waals surface area contributed by atoms with Crippen LogP contribution in [0.25, 0.3) is 0 Å². The maximum atomic E-state index is 10.7. The van der Waals surface area contributed by atoms with Crippen LogP contribution in [-0.4, -0.2) is 22.9 Å². The van der Waals surface area contributed by atoms with Crippen molar-refractivity contribution >= 4 is 32.7 Å². The van der Waals surface area contributed by atoms with Crippen molar-refractivity contribution < 1.29 is 26.1 Å². The molecule has 0 atom stereocenters. The molecule has 0 aliphatic rings. The smallest absolute Gasteiger partial charge is 0.279 e. The Morgan fingerprint density at radius 2 is 1.55 bits per heavy atom. The van der Waals surface area contributed by atoms with E-state index in [2.05, 4.69) is 29.5 Å². The zero-order valence-corrected chi connectivity index (χ0v) is 8.36. The molecule has 0 rings (SSSR count). The zero-order chi connectivity index (χ0) is 9.71. The molecule has 0 unspecified atom stereocenters. The summed E-state index contributed by atoms with van der Waals surface area (Å²) in [6.07, 6.45) is 0. The van der Waals surface area contributed by atoms with Gasteiger partial charge in [0.05, 0.1) is 0 Å². The summed E-state index contributed by atoms with van der Waals surface area (Å²) in [5.41, 5.74) is -5.53. The second-order valence-corrected chi connectivity index (χ2v) is 4.13. The first-order chi connectivity index (χ1) is 4.66. The lowest BCUT2D eigenvalue weighted by molar-refractivity contribution is -0.0510. The van der Waals surface area contributed by atoms with Crippen LogP contribution in [0.2, 0.25) is 0 Å². The summed E-state index contributed by atoms with van der Waals surface area (Å²) in [4.78, 5) is 0. The second kappa shape index (κ2) is 5.14. The van der Waals surface area contributed by atoms with Gasteiger partial charge in [0.1, 0.15) is 0 Å². The highest BCUT2D eigenvalue weighted by atomic mass is 125. The second-order valence-electron chi connectivity index (χ2n) is 1.19. The molecule has 11 heavy (non-hydrogen) atoms. The van der Waals surface area contributed by atoms with Gasteiger partial charge < -0.3 is 0 Å². The predicted molar refractivity (Wildman–Crippen MR) is 42.2 cm³/mol. The zero-order valence-electron chi connectivity index (χ0n) is 5.39. The van der Waals surface area contributed by atoms with Gasteiger partial charge in [-0.2, -0.15) is 21.6 Å². The highest BCUT2D eigenvalue weighted by Gasteiger charge is 2.44. The fraction of sp³-hybridized carbons (Fsp3) is 1.00. The van der Waals surface area contributed by atoms with Gasteiger partial charge in [-0.25, -0.2) is 0 Å². The maximum Gasteiger partial charge on any atom is 0.522 e. The summed E-state index contributed by atoms with van der Waals surface area (Å²) in [5.74, 6) is 0. The Bertz CT molecular complexity index is 184. The number of rotatable bonds is 0. The number of halogens is 4. The van der Waals surface area contributed by atoms with Crippen molar-refractivity contribution in [2.75, 3.05) is 4.43 Å². The summed E-state index contributed by atoms with van der Waals surface area (Å²) >= 11 is 2.29. The molecule has 0 radical (unpaired) electrons. The molecule has 0 heterocycles. The number of alkyl halides is 4. The van der Waals surface area contributed by atoms with Crippen LogP contribution < -0.4 is 0 Å². The normalized spacial score (nSPS) is 11.8. The predicted octanol–water partition coefficient (Wildman–Crippen LogP) is 1.84. The van der Waals surface area contributed by atoms with Crippen molar-refractivity contribution in [3.63, 3.8) is 0 Å². The molecule has 0 amide bonds. The summed E-state index contributed by atoms with van der Waals surface area (Å²) in [7, 11) is -5.84. The van der Waals surface area contributed by atoms with Crippen molar-refractivity contribution in [3.05, 3.63) is 0 Å². The summed E-state index contributed by atoms with van der Waals surface area (Å²) in [5, 5.41) is 0. The minimum absolute atomic E-state index is 1.22. The van der Waals surface area contributed by atoms with Crippen LogP contribution in [0.5, 0.6) is 0 Å². The van der Waals surface area contributed by atoms with E-state index in [4.69, 9.17) is 13.0 Å². The molecule has 0 spiro atoms. The molecule has 0 aliphatic heterocycles. The molecule has 0 saturated heterocycles. The van der Waals surface area contributed by atoms with Gasteiger partial charge in [-0.3, -0.25) is 4.55 Å². The van der Waals surface area contributed by atoms with Crippen LogP contribution >= 0.6 is 22.6 Å². The van der Waals surface area contributed by atoms with Gasteiger partial charge in [0.15, 0.2) is 0 Å². The maximum absolute atomic E-state index is 10.7. The Balaban J connectivity index is 0. The first kappa shape index (κ1) is 14.0. The van der Waals surface area contributed by atoms with Crippen LogP contribution in [0.15, 0.2) is 0 Å². The third-order valence-corrected chi connectivity index (χ3v) is 0.877. The minimum atomic E-state index is -5.84. The van der Waals surface area contributed by atoms with Crippen LogP contribution in [0.1, 0.15) is 6.92 Å². The van der Waals surface area contributed by atoms with Gasteiger partial charge in [-0.1, -0.05) is 29.5 Å². The van der Waals surface area contributed by atoms with E-state index < -0.39 is 15.6 Å². The molecule has 0 aliphatic carbocycles. The third kappa shape index (κ3) is 8.34. The average Bonchev–Trinajstić information content (AvgIpc) is 1.60. The van der Waals surface area contributed by atoms with Gasteiger partial charge in [-0.15, -0.1) is 0 Å². The first-order valence-electron chi connectivity index (χ1n) is 2.26. The van der Waals surface area contributed by atoms with E-state index in [1.54, 1.807) is 0 Å². The van der Waals surface area contributed by atoms with Gasteiger partial charge in [0.25, 0.3) is 0 Å². The lowest BCUT2D eigenvalue weighted by Gasteiger charge is -1.97. The van der Waals surface area contributed by atoms with Crippen molar-refractivity contribution in [1.29, 1.82) is 0 Å². The van der Waals surface area contributed by atoms with Crippen molar-refractivity contribution in [2.45, 2.75) is 12.4 Å². The van der Waals surface area contributed by atoms with Crippen LogP contribution in [0.3, 0.4) is 0 Å². The van der Waals surface area contributed by atoms with E-state index in [1.807, 2.05) is 0 Å². The van der Waals surface area contributed by atoms with E-state index in [0.717, 1.165) is 0 Å². The van der Waals surface area contributed by atoms with Crippen molar-refractivity contribution in [3.8, 4) is 0 Å². The largest absolute Gasteiger partial charge is 0.522 e. The van der Waals surface area contributed by atoms with Gasteiger partial charge in [0, 0.05) is 0 Å². The van der Waals surface area contributed by atoms with E-state index in [9.17, 15) is 13.2 Å². The highest BCUT2D eigenvalue weighted by molar-refractivity contribution is 14.1. The standard InChI is InChI=1S/C2H5I.CHF3O3S/c1-2-3;2-1(3,4)8(5,6)7/h2H2,1H3;(H,5,6,7)/i3-2;. The Morgan fingerprint density at radius 3 is 1.55 bits per heavy atom. The molecule has 0 aromatic heterocycles. The van der Waals surface area contributed by atoms with Gasteiger partial charge >= 0.3 is 15.6 Å². The van der Waals surface area contributed by atoms with Crippen LogP contribution in [-0.2, 0) is 10.1 Å². The molecule has 0 saturated carbocycles. The molecule has 3 nitrogen and oxygen atoms in total. The van der Waals surface area contributed by atoms with E-state index in [1.165, 1.54) is 4.43 Å². The molecular formula is C3H6F3IO3S. The molecular weight excluding hydrogens is 298 g/mol. The van der Waals surface area contributed by atoms with Gasteiger partial charge in [-0.05, 0) is 4.43 Å². The Hall–Kier alpha value is 0.430. The lowest BCUT2D eigenvalue weighted by Crippen LogP contribution is -2.21. The molecule has 1 N–H and O–H groups in total. The van der Waals surface area contributed by atoms with E-state index in [0.29, 0.717) is 0 Å². The Morgan fingerprint density at radius 1 is 1.45 bits per heavy atom. The molecule has 8 heteroatoms. The van der Waals surface area contributed by atoms with E-state index in [-0.39, 0.29) is 0 Å². The van der Waals surface area contributed by atoms with E-state index >= 15 is 0 Å². The third-order valence-electron chi connectivity index (χ3n) is 0.292. The average molecular weight is 304 g/mol.